The summed E-state index contributed by atoms with van der Waals surface area (Å²) in [6.45, 7) is 0.941. The molecule has 2 aromatic carbocycles. The Hall–Kier alpha value is -2.02. The zero-order chi connectivity index (χ0) is 10.8. The van der Waals surface area contributed by atoms with Crippen LogP contribution in [0.1, 0.15) is 11.1 Å². The highest BCUT2D eigenvalue weighted by Gasteiger charge is 2.10. The molecule has 0 aromatic heterocycles. The summed E-state index contributed by atoms with van der Waals surface area (Å²) in [5.74, 6) is 0. The average molecular weight is 206 g/mol. The normalized spacial score (nSPS) is 13.6. The van der Waals surface area contributed by atoms with Gasteiger partial charge in [0, 0.05) is 18.4 Å². The molecule has 0 atom stereocenters. The molecule has 1 heterocycles. The fraction of sp³-hybridized carbons (Fsp3) is 0.0667. The van der Waals surface area contributed by atoms with E-state index in [1.54, 1.807) is 0 Å². The average Bonchev–Trinajstić information content (AvgIpc) is 2.39. The van der Waals surface area contributed by atoms with Gasteiger partial charge in [-0.05, 0) is 35.4 Å². The first-order valence-electron chi connectivity index (χ1n) is 5.42. The Morgan fingerprint density at radius 1 is 1.00 bits per heavy atom. The van der Waals surface area contributed by atoms with Gasteiger partial charge in [-0.15, -0.1) is 0 Å². The van der Waals surface area contributed by atoms with Crippen LogP contribution in [0.25, 0.3) is 6.08 Å². The van der Waals surface area contributed by atoms with Crippen molar-refractivity contribution >= 4 is 11.8 Å². The van der Waals surface area contributed by atoms with Crippen molar-refractivity contribution in [1.82, 2.24) is 0 Å². The summed E-state index contributed by atoms with van der Waals surface area (Å²) in [6, 6.07) is 19.6. The first kappa shape index (κ1) is 9.22. The molecule has 2 aromatic rings. The van der Waals surface area contributed by atoms with Crippen molar-refractivity contribution in [2.45, 2.75) is 6.54 Å². The van der Waals surface area contributed by atoms with Crippen molar-refractivity contribution in [1.29, 1.82) is 0 Å². The molecule has 0 fully saturated rings. The molecule has 1 nitrogen and oxygen atoms in total. The molecule has 1 aliphatic rings. The summed E-state index contributed by atoms with van der Waals surface area (Å²) < 4.78 is 0. The predicted octanol–water partition coefficient (Wildman–Crippen LogP) is 3.48. The Balaban J connectivity index is 1.95. The van der Waals surface area contributed by atoms with Crippen LogP contribution in [0.5, 0.6) is 0 Å². The third-order valence-electron chi connectivity index (χ3n) is 2.86. The molecule has 0 bridgehead atoms. The maximum atomic E-state index is 3.04. The third kappa shape index (κ3) is 1.61. The molecular weight excluding hydrogens is 194 g/mol. The minimum absolute atomic E-state index is 0.941. The highest BCUT2D eigenvalue weighted by atomic mass is 15.1. The van der Waals surface area contributed by atoms with E-state index in [1.165, 1.54) is 16.8 Å². The number of hydrogen-bond acceptors (Lipinski definition) is 1. The molecule has 1 aliphatic heterocycles. The van der Waals surface area contributed by atoms with E-state index in [4.69, 9.17) is 0 Å². The lowest BCUT2D eigenvalue weighted by atomic mass is 10.0. The molecule has 0 amide bonds. The van der Waals surface area contributed by atoms with Crippen LogP contribution < -0.4 is 4.90 Å². The van der Waals surface area contributed by atoms with Crippen molar-refractivity contribution in [3.8, 4) is 0 Å². The van der Waals surface area contributed by atoms with Crippen molar-refractivity contribution in [2.75, 3.05) is 4.90 Å². The predicted molar refractivity (Wildman–Crippen MR) is 66.9 cm³/mol. The van der Waals surface area contributed by atoms with E-state index in [9.17, 15) is 0 Å². The van der Waals surface area contributed by atoms with Crippen molar-refractivity contribution in [3.05, 3.63) is 71.9 Å². The van der Waals surface area contributed by atoms with Gasteiger partial charge < -0.3 is 4.90 Å². The van der Waals surface area contributed by atoms with Gasteiger partial charge in [0.25, 0.3) is 0 Å². The number of nitrogens with zero attached hydrogens (tertiary/aromatic N) is 1. The zero-order valence-corrected chi connectivity index (χ0v) is 8.93. The molecule has 0 unspecified atom stereocenters. The second-order valence-electron chi connectivity index (χ2n) is 3.90. The number of rotatable bonds is 1. The lowest BCUT2D eigenvalue weighted by molar-refractivity contribution is 0.954. The van der Waals surface area contributed by atoms with Crippen molar-refractivity contribution in [2.24, 2.45) is 0 Å². The Labute approximate surface area is 95.6 Å². The van der Waals surface area contributed by atoms with Gasteiger partial charge in [0.05, 0.1) is 0 Å². The summed E-state index contributed by atoms with van der Waals surface area (Å²) in [5.41, 5.74) is 3.91. The van der Waals surface area contributed by atoms with Gasteiger partial charge in [-0.1, -0.05) is 36.4 Å². The number of hydrogen-bond donors (Lipinski definition) is 0. The van der Waals surface area contributed by atoms with E-state index >= 15 is 0 Å². The molecule has 3 rings (SSSR count). The quantitative estimate of drug-likeness (QED) is 0.690. The van der Waals surface area contributed by atoms with Crippen LogP contribution in [0.4, 0.5) is 5.69 Å². The fourth-order valence-corrected chi connectivity index (χ4v) is 1.99. The van der Waals surface area contributed by atoms with Crippen LogP contribution in [0.3, 0.4) is 0 Å². The topological polar surface area (TPSA) is 3.24 Å². The molecule has 16 heavy (non-hydrogen) atoms. The minimum Gasteiger partial charge on any atom is -0.344 e. The summed E-state index contributed by atoms with van der Waals surface area (Å²) in [4.78, 5) is 2.25. The first-order valence-corrected chi connectivity index (χ1v) is 5.42. The fourth-order valence-electron chi connectivity index (χ4n) is 1.99. The molecule has 0 aliphatic carbocycles. The summed E-state index contributed by atoms with van der Waals surface area (Å²) in [6.07, 6.45) is 4.30. The maximum Gasteiger partial charge on any atom is 0.0481 e. The van der Waals surface area contributed by atoms with Crippen LogP contribution in [0, 0.1) is 6.07 Å². The van der Waals surface area contributed by atoms with Gasteiger partial charge in [0.15, 0.2) is 0 Å². The lowest BCUT2D eigenvalue weighted by Gasteiger charge is -2.25. The number of fused-ring (bicyclic) bond motifs is 1. The molecule has 1 radical (unpaired) electrons. The monoisotopic (exact) mass is 206 g/mol. The van der Waals surface area contributed by atoms with E-state index in [1.807, 2.05) is 12.1 Å². The van der Waals surface area contributed by atoms with Gasteiger partial charge in [-0.3, -0.25) is 0 Å². The Kier molecular flexibility index (Phi) is 2.22. The molecule has 77 valence electrons. The molecule has 0 saturated heterocycles. The smallest absolute Gasteiger partial charge is 0.0481 e. The highest BCUT2D eigenvalue weighted by Crippen LogP contribution is 2.24. The van der Waals surface area contributed by atoms with E-state index in [0.717, 1.165) is 6.54 Å². The molecule has 0 N–H and O–H groups in total. The largest absolute Gasteiger partial charge is 0.344 e. The van der Waals surface area contributed by atoms with E-state index < -0.39 is 0 Å². The molecule has 0 saturated carbocycles. The summed E-state index contributed by atoms with van der Waals surface area (Å²) in [7, 11) is 0. The van der Waals surface area contributed by atoms with Crippen molar-refractivity contribution < 1.29 is 0 Å². The van der Waals surface area contributed by atoms with E-state index in [-0.39, 0.29) is 0 Å². The minimum atomic E-state index is 0.941. The zero-order valence-electron chi connectivity index (χ0n) is 8.93. The maximum absolute atomic E-state index is 3.04. The van der Waals surface area contributed by atoms with Crippen LogP contribution in [-0.2, 0) is 6.54 Å². The number of benzene rings is 2. The third-order valence-corrected chi connectivity index (χ3v) is 2.86. The lowest BCUT2D eigenvalue weighted by Crippen LogP contribution is -2.18. The second kappa shape index (κ2) is 3.86. The van der Waals surface area contributed by atoms with Crippen LogP contribution in [0.15, 0.2) is 54.7 Å². The van der Waals surface area contributed by atoms with Gasteiger partial charge in [-0.25, -0.2) is 0 Å². The Morgan fingerprint density at radius 3 is 2.69 bits per heavy atom. The van der Waals surface area contributed by atoms with Gasteiger partial charge in [0.1, 0.15) is 0 Å². The molecule has 0 spiro atoms. The van der Waals surface area contributed by atoms with E-state index in [0.29, 0.717) is 0 Å². The Morgan fingerprint density at radius 2 is 1.81 bits per heavy atom. The van der Waals surface area contributed by atoms with E-state index in [2.05, 4.69) is 59.6 Å². The summed E-state index contributed by atoms with van der Waals surface area (Å²) in [5, 5.41) is 0. The molecular formula is C15H12N. The van der Waals surface area contributed by atoms with Crippen LogP contribution in [0.2, 0.25) is 0 Å². The van der Waals surface area contributed by atoms with Crippen LogP contribution in [-0.4, -0.2) is 0 Å². The van der Waals surface area contributed by atoms with Gasteiger partial charge in [0.2, 0.25) is 0 Å². The SMILES string of the molecule is [c]1ccc(N2C=Cc3ccccc3C2)cc1. The van der Waals surface area contributed by atoms with Crippen molar-refractivity contribution in [3.63, 3.8) is 0 Å². The molecule has 1 heteroatoms. The standard InChI is InChI=1S/C15H12N/c1-2-8-15(9-3-1)16-11-10-13-6-4-5-7-14(13)12-16/h2-11H,12H2. The van der Waals surface area contributed by atoms with Gasteiger partial charge in [-0.2, -0.15) is 0 Å². The first-order chi connectivity index (χ1) is 7.93. The number of anilines is 1. The highest BCUT2D eigenvalue weighted by molar-refractivity contribution is 5.63. The second-order valence-corrected chi connectivity index (χ2v) is 3.90. The Bertz CT molecular complexity index is 514. The van der Waals surface area contributed by atoms with Gasteiger partial charge >= 0.3 is 0 Å². The summed E-state index contributed by atoms with van der Waals surface area (Å²) >= 11 is 0. The van der Waals surface area contributed by atoms with Crippen LogP contribution >= 0.6 is 0 Å².